The van der Waals surface area contributed by atoms with Gasteiger partial charge in [0.25, 0.3) is 0 Å². The lowest BCUT2D eigenvalue weighted by Crippen LogP contribution is -2.35. The molecule has 2 aromatic carbocycles. The van der Waals surface area contributed by atoms with Crippen LogP contribution in [0.15, 0.2) is 48.5 Å². The zero-order valence-corrected chi connectivity index (χ0v) is 14.9. The van der Waals surface area contributed by atoms with Crippen molar-refractivity contribution in [2.45, 2.75) is 13.3 Å². The minimum atomic E-state index is 0.425. The minimum absolute atomic E-state index is 0.425. The second-order valence-electron chi connectivity index (χ2n) is 5.67. The first-order valence-electron chi connectivity index (χ1n) is 7.87. The van der Waals surface area contributed by atoms with E-state index in [1.54, 1.807) is 0 Å². The van der Waals surface area contributed by atoms with Crippen LogP contribution in [0.3, 0.4) is 0 Å². The molecule has 0 unspecified atom stereocenters. The van der Waals surface area contributed by atoms with E-state index >= 15 is 0 Å². The molecule has 0 aromatic heterocycles. The fraction of sp³-hybridized carbons (Fsp3) is 0.263. The maximum absolute atomic E-state index is 8.67. The van der Waals surface area contributed by atoms with Crippen molar-refractivity contribution in [3.05, 3.63) is 59.7 Å². The van der Waals surface area contributed by atoms with Gasteiger partial charge in [-0.05, 0) is 49.0 Å². The van der Waals surface area contributed by atoms with Crippen molar-refractivity contribution in [3.63, 3.8) is 0 Å². The van der Waals surface area contributed by atoms with E-state index in [2.05, 4.69) is 59.8 Å². The lowest BCUT2D eigenvalue weighted by atomic mass is 10.1. The van der Waals surface area contributed by atoms with E-state index in [1.165, 1.54) is 11.3 Å². The van der Waals surface area contributed by atoms with Crippen molar-refractivity contribution in [2.24, 2.45) is 0 Å². The van der Waals surface area contributed by atoms with Gasteiger partial charge in [-0.3, -0.25) is 0 Å². The normalized spacial score (nSPS) is 9.88. The van der Waals surface area contributed by atoms with E-state index in [-0.39, 0.29) is 0 Å². The summed E-state index contributed by atoms with van der Waals surface area (Å²) in [5.41, 5.74) is 4.37. The number of nitrogens with zero attached hydrogens (tertiary/aromatic N) is 2. The molecular formula is C19H22N4S. The maximum Gasteiger partial charge on any atom is 0.170 e. The first kappa shape index (κ1) is 17.8. The van der Waals surface area contributed by atoms with E-state index in [9.17, 15) is 0 Å². The molecule has 0 saturated carbocycles. The summed E-state index contributed by atoms with van der Waals surface area (Å²) in [6, 6.07) is 18.3. The predicted octanol–water partition coefficient (Wildman–Crippen LogP) is 3.48. The van der Waals surface area contributed by atoms with Gasteiger partial charge in [0.15, 0.2) is 5.11 Å². The maximum atomic E-state index is 8.67. The Morgan fingerprint density at radius 3 is 2.42 bits per heavy atom. The van der Waals surface area contributed by atoms with Gasteiger partial charge in [0, 0.05) is 31.5 Å². The van der Waals surface area contributed by atoms with Gasteiger partial charge < -0.3 is 15.5 Å². The largest absolute Gasteiger partial charge is 0.373 e. The van der Waals surface area contributed by atoms with Gasteiger partial charge in [-0.25, -0.2) is 0 Å². The average molecular weight is 338 g/mol. The molecule has 0 aliphatic heterocycles. The van der Waals surface area contributed by atoms with Crippen LogP contribution in [0, 0.1) is 18.3 Å². The van der Waals surface area contributed by atoms with Crippen LogP contribution in [0.1, 0.15) is 11.1 Å². The molecule has 5 heteroatoms. The van der Waals surface area contributed by atoms with Crippen LogP contribution in [0.5, 0.6) is 0 Å². The molecule has 0 spiro atoms. The number of hydrogen-bond acceptors (Lipinski definition) is 3. The van der Waals surface area contributed by atoms with Crippen LogP contribution in [-0.4, -0.2) is 25.2 Å². The summed E-state index contributed by atoms with van der Waals surface area (Å²) in [5.74, 6) is 0. The molecule has 0 atom stereocenters. The quantitative estimate of drug-likeness (QED) is 0.790. The summed E-state index contributed by atoms with van der Waals surface area (Å²) in [4.78, 5) is 2.19. The van der Waals surface area contributed by atoms with Gasteiger partial charge in [0.05, 0.1) is 12.5 Å². The van der Waals surface area contributed by atoms with Crippen molar-refractivity contribution in [3.8, 4) is 6.07 Å². The van der Waals surface area contributed by atoms with Crippen LogP contribution in [0.2, 0.25) is 0 Å². The van der Waals surface area contributed by atoms with E-state index < -0.39 is 0 Å². The lowest BCUT2D eigenvalue weighted by Gasteiger charge is -2.20. The van der Waals surface area contributed by atoms with Crippen molar-refractivity contribution in [1.82, 2.24) is 5.32 Å². The molecule has 4 nitrogen and oxygen atoms in total. The molecule has 0 aliphatic carbocycles. The summed E-state index contributed by atoms with van der Waals surface area (Å²) in [5, 5.41) is 15.6. The Morgan fingerprint density at radius 2 is 1.79 bits per heavy atom. The fourth-order valence-electron chi connectivity index (χ4n) is 2.24. The van der Waals surface area contributed by atoms with Gasteiger partial charge in [-0.15, -0.1) is 0 Å². The first-order valence-corrected chi connectivity index (χ1v) is 8.28. The van der Waals surface area contributed by atoms with Gasteiger partial charge in [-0.1, -0.05) is 29.8 Å². The third-order valence-electron chi connectivity index (χ3n) is 3.70. The molecule has 2 rings (SSSR count). The zero-order valence-electron chi connectivity index (χ0n) is 14.0. The number of aryl methyl sites for hydroxylation is 1. The summed E-state index contributed by atoms with van der Waals surface area (Å²) in [7, 11) is 2.07. The summed E-state index contributed by atoms with van der Waals surface area (Å²) < 4.78 is 0. The van der Waals surface area contributed by atoms with Crippen molar-refractivity contribution in [1.29, 1.82) is 5.26 Å². The van der Waals surface area contributed by atoms with Crippen LogP contribution < -0.4 is 15.5 Å². The predicted molar refractivity (Wildman–Crippen MR) is 104 cm³/mol. The number of likely N-dealkylation sites (N-methyl/N-ethyl adjacent to an activating group) is 1. The van der Waals surface area contributed by atoms with Crippen LogP contribution in [0.4, 0.5) is 11.4 Å². The number of anilines is 2. The molecule has 0 fully saturated rings. The molecule has 2 N–H and O–H groups in total. The van der Waals surface area contributed by atoms with E-state index in [4.69, 9.17) is 17.5 Å². The first-order chi connectivity index (χ1) is 11.6. The zero-order chi connectivity index (χ0) is 17.4. The fourth-order valence-corrected chi connectivity index (χ4v) is 2.46. The van der Waals surface area contributed by atoms with Crippen molar-refractivity contribution < 1.29 is 0 Å². The summed E-state index contributed by atoms with van der Waals surface area (Å²) in [6.07, 6.45) is 0.425. The topological polar surface area (TPSA) is 51.1 Å². The highest BCUT2D eigenvalue weighted by molar-refractivity contribution is 7.80. The molecular weight excluding hydrogens is 316 g/mol. The third-order valence-corrected chi connectivity index (χ3v) is 3.95. The summed E-state index contributed by atoms with van der Waals surface area (Å²) >= 11 is 5.31. The van der Waals surface area contributed by atoms with Crippen LogP contribution in [0.25, 0.3) is 0 Å². The van der Waals surface area contributed by atoms with Crippen LogP contribution >= 0.6 is 12.2 Å². The number of thiocarbonyl (C=S) groups is 1. The number of nitriles is 1. The monoisotopic (exact) mass is 338 g/mol. The van der Waals surface area contributed by atoms with Gasteiger partial charge in [0.2, 0.25) is 0 Å². The number of nitrogens with one attached hydrogen (secondary N) is 2. The second-order valence-corrected chi connectivity index (χ2v) is 6.08. The van der Waals surface area contributed by atoms with Gasteiger partial charge in [-0.2, -0.15) is 5.26 Å². The molecule has 124 valence electrons. The highest BCUT2D eigenvalue weighted by Gasteiger charge is 2.02. The van der Waals surface area contributed by atoms with Gasteiger partial charge >= 0.3 is 0 Å². The van der Waals surface area contributed by atoms with Gasteiger partial charge in [0.1, 0.15) is 0 Å². The minimum Gasteiger partial charge on any atom is -0.373 e. The number of rotatable bonds is 6. The molecule has 0 radical (unpaired) electrons. The molecule has 0 heterocycles. The SMILES string of the molecule is Cc1ccc(N(C)CCNC(=S)Nc2ccc(CC#N)cc2)cc1. The highest BCUT2D eigenvalue weighted by Crippen LogP contribution is 2.12. The lowest BCUT2D eigenvalue weighted by molar-refractivity contribution is 0.827. The number of hydrogen-bond donors (Lipinski definition) is 2. The molecule has 0 saturated heterocycles. The average Bonchev–Trinajstić information content (AvgIpc) is 2.57. The molecule has 24 heavy (non-hydrogen) atoms. The Labute approximate surface area is 149 Å². The molecule has 2 aromatic rings. The molecule has 0 bridgehead atoms. The van der Waals surface area contributed by atoms with E-state index in [0.717, 1.165) is 24.3 Å². The molecule has 0 amide bonds. The van der Waals surface area contributed by atoms with E-state index in [1.807, 2.05) is 24.3 Å². The highest BCUT2D eigenvalue weighted by atomic mass is 32.1. The Balaban J connectivity index is 1.74. The second kappa shape index (κ2) is 8.90. The standard InChI is InChI=1S/C19H22N4S/c1-15-3-9-18(10-4-15)23(2)14-13-21-19(24)22-17-7-5-16(6-8-17)11-12-20/h3-10H,11,13-14H2,1-2H3,(H2,21,22,24). The third kappa shape index (κ3) is 5.56. The van der Waals surface area contributed by atoms with Crippen molar-refractivity contribution in [2.75, 3.05) is 30.4 Å². The van der Waals surface area contributed by atoms with Crippen LogP contribution in [-0.2, 0) is 6.42 Å². The molecule has 0 aliphatic rings. The Hall–Kier alpha value is -2.58. The van der Waals surface area contributed by atoms with Crippen molar-refractivity contribution >= 4 is 28.7 Å². The van der Waals surface area contributed by atoms with E-state index in [0.29, 0.717) is 11.5 Å². The summed E-state index contributed by atoms with van der Waals surface area (Å²) in [6.45, 7) is 3.69. The smallest absolute Gasteiger partial charge is 0.170 e. The Morgan fingerprint density at radius 1 is 1.12 bits per heavy atom. The number of benzene rings is 2. The Bertz CT molecular complexity index is 702. The Kier molecular flexibility index (Phi) is 6.59.